The lowest BCUT2D eigenvalue weighted by Gasteiger charge is -2.60. The highest BCUT2D eigenvalue weighted by Crippen LogP contribution is 2.65. The van der Waals surface area contributed by atoms with Gasteiger partial charge in [0.1, 0.15) is 6.17 Å². The fraction of sp³-hybridized carbons (Fsp3) is 1.00. The third-order valence-electron chi connectivity index (χ3n) is 8.07. The van der Waals surface area contributed by atoms with Crippen LogP contribution in [0, 0.1) is 34.5 Å². The maximum Gasteiger partial charge on any atom is 0.154 e. The Morgan fingerprint density at radius 2 is 1.77 bits per heavy atom. The predicted molar refractivity (Wildman–Crippen MR) is 80.7 cm³/mol. The van der Waals surface area contributed by atoms with Gasteiger partial charge in [-0.1, -0.05) is 13.8 Å². The van der Waals surface area contributed by atoms with Crippen LogP contribution in [0.3, 0.4) is 0 Å². The van der Waals surface area contributed by atoms with Crippen LogP contribution in [0.2, 0.25) is 0 Å². The first-order chi connectivity index (χ1) is 10.4. The van der Waals surface area contributed by atoms with Gasteiger partial charge in [0.15, 0.2) is 6.29 Å². The first-order valence-corrected chi connectivity index (χ1v) is 8.98. The summed E-state index contributed by atoms with van der Waals surface area (Å²) in [5.74, 6) is 1.89. The molecule has 0 bridgehead atoms. The van der Waals surface area contributed by atoms with E-state index < -0.39 is 18.6 Å². The number of hydrogen-bond acceptors (Lipinski definition) is 3. The van der Waals surface area contributed by atoms with E-state index in [1.807, 2.05) is 0 Å². The molecule has 1 aliphatic heterocycles. The van der Waals surface area contributed by atoms with Crippen LogP contribution in [0.1, 0.15) is 52.4 Å². The van der Waals surface area contributed by atoms with Crippen molar-refractivity contribution in [3.63, 3.8) is 0 Å². The highest BCUT2D eigenvalue weighted by Gasteiger charge is 2.62. The Balaban J connectivity index is 1.63. The molecular weight excluding hydrogens is 283 g/mol. The molecule has 4 rings (SSSR count). The van der Waals surface area contributed by atoms with Gasteiger partial charge in [0.2, 0.25) is 0 Å². The summed E-state index contributed by atoms with van der Waals surface area (Å²) in [5, 5.41) is 20.2. The molecule has 0 radical (unpaired) electrons. The molecule has 4 heteroatoms. The molecule has 3 nitrogen and oxygen atoms in total. The number of halogens is 1. The molecule has 9 atom stereocenters. The Morgan fingerprint density at radius 1 is 1.00 bits per heavy atom. The van der Waals surface area contributed by atoms with Gasteiger partial charge in [0.25, 0.3) is 0 Å². The summed E-state index contributed by atoms with van der Waals surface area (Å²) in [7, 11) is 0. The van der Waals surface area contributed by atoms with Crippen LogP contribution >= 0.6 is 0 Å². The molecule has 3 aliphatic carbocycles. The Hall–Kier alpha value is -0.190. The van der Waals surface area contributed by atoms with Crippen molar-refractivity contribution in [3.8, 4) is 0 Å². The normalized spacial score (nSPS) is 61.2. The number of fused-ring (bicyclic) bond motifs is 5. The largest absolute Gasteiger partial charge is 0.390 e. The average Bonchev–Trinajstić information content (AvgIpc) is 2.72. The smallest absolute Gasteiger partial charge is 0.154 e. The van der Waals surface area contributed by atoms with E-state index >= 15 is 0 Å². The zero-order chi connectivity index (χ0) is 15.7. The minimum Gasteiger partial charge on any atom is -0.390 e. The van der Waals surface area contributed by atoms with E-state index in [0.717, 1.165) is 32.1 Å². The second-order valence-electron chi connectivity index (χ2n) is 8.90. The lowest BCUT2D eigenvalue weighted by Crippen LogP contribution is -2.56. The Labute approximate surface area is 132 Å². The summed E-state index contributed by atoms with van der Waals surface area (Å²) in [6.07, 6.45) is 3.05. The lowest BCUT2D eigenvalue weighted by molar-refractivity contribution is -0.228. The zero-order valence-electron chi connectivity index (χ0n) is 13.7. The second-order valence-corrected chi connectivity index (χ2v) is 8.90. The van der Waals surface area contributed by atoms with Gasteiger partial charge in [0.05, 0.1) is 12.7 Å². The molecule has 22 heavy (non-hydrogen) atoms. The van der Waals surface area contributed by atoms with Crippen LogP contribution in [-0.2, 0) is 4.74 Å². The average molecular weight is 312 g/mol. The number of aliphatic hydroxyl groups is 2. The molecule has 4 aliphatic rings. The molecule has 4 fully saturated rings. The van der Waals surface area contributed by atoms with Gasteiger partial charge >= 0.3 is 0 Å². The number of rotatable bonds is 0. The summed E-state index contributed by atoms with van der Waals surface area (Å²) < 4.78 is 19.8. The summed E-state index contributed by atoms with van der Waals surface area (Å²) in [4.78, 5) is 0. The van der Waals surface area contributed by atoms with Crippen LogP contribution in [0.5, 0.6) is 0 Å². The molecule has 0 unspecified atom stereocenters. The molecule has 1 heterocycles. The summed E-state index contributed by atoms with van der Waals surface area (Å²) >= 11 is 0. The van der Waals surface area contributed by atoms with Crippen LogP contribution in [-0.4, -0.2) is 35.4 Å². The van der Waals surface area contributed by atoms with Crippen molar-refractivity contribution in [2.24, 2.45) is 34.5 Å². The molecule has 1 saturated heterocycles. The predicted octanol–water partition coefficient (Wildman–Crippen LogP) is 2.89. The number of aliphatic hydroxyl groups excluding tert-OH is 2. The quantitative estimate of drug-likeness (QED) is 0.723. The first kappa shape index (κ1) is 15.3. The summed E-state index contributed by atoms with van der Waals surface area (Å²) in [5.41, 5.74) is -0.123. The molecule has 0 aromatic carbocycles. The van der Waals surface area contributed by atoms with Crippen LogP contribution in [0.4, 0.5) is 4.39 Å². The molecule has 126 valence electrons. The summed E-state index contributed by atoms with van der Waals surface area (Å²) in [6.45, 7) is 5.06. The zero-order valence-corrected chi connectivity index (χ0v) is 13.7. The first-order valence-electron chi connectivity index (χ1n) is 8.98. The minimum atomic E-state index is -1.05. The van der Waals surface area contributed by atoms with Crippen molar-refractivity contribution >= 4 is 0 Å². The van der Waals surface area contributed by atoms with Crippen molar-refractivity contribution in [2.45, 2.75) is 70.9 Å². The number of hydrogen-bond donors (Lipinski definition) is 2. The van der Waals surface area contributed by atoms with Crippen molar-refractivity contribution < 1.29 is 19.3 Å². The van der Waals surface area contributed by atoms with Gasteiger partial charge in [-0.2, -0.15) is 0 Å². The maximum absolute atomic E-state index is 14.2. The fourth-order valence-corrected chi connectivity index (χ4v) is 6.68. The highest BCUT2D eigenvalue weighted by molar-refractivity contribution is 5.11. The molecule has 3 saturated carbocycles. The third-order valence-corrected chi connectivity index (χ3v) is 8.07. The molecule has 0 aromatic rings. The molecule has 0 aromatic heterocycles. The van der Waals surface area contributed by atoms with E-state index in [0.29, 0.717) is 36.7 Å². The second kappa shape index (κ2) is 4.90. The van der Waals surface area contributed by atoms with Crippen LogP contribution in [0.25, 0.3) is 0 Å². The van der Waals surface area contributed by atoms with E-state index in [9.17, 15) is 14.6 Å². The lowest BCUT2D eigenvalue weighted by atomic mass is 9.47. The summed E-state index contributed by atoms with van der Waals surface area (Å²) in [6, 6.07) is 0. The van der Waals surface area contributed by atoms with Crippen molar-refractivity contribution in [1.29, 1.82) is 0 Å². The van der Waals surface area contributed by atoms with E-state index in [4.69, 9.17) is 4.74 Å². The maximum atomic E-state index is 14.2. The number of alkyl halides is 1. The molecule has 0 spiro atoms. The van der Waals surface area contributed by atoms with Gasteiger partial charge in [-0.3, -0.25) is 0 Å². The van der Waals surface area contributed by atoms with Crippen LogP contribution < -0.4 is 0 Å². The monoisotopic (exact) mass is 312 g/mol. The van der Waals surface area contributed by atoms with Gasteiger partial charge in [-0.15, -0.1) is 0 Å². The van der Waals surface area contributed by atoms with Gasteiger partial charge in [0, 0.05) is 6.42 Å². The van der Waals surface area contributed by atoms with Gasteiger partial charge < -0.3 is 14.9 Å². The Morgan fingerprint density at radius 3 is 2.55 bits per heavy atom. The van der Waals surface area contributed by atoms with E-state index in [1.54, 1.807) is 0 Å². The van der Waals surface area contributed by atoms with E-state index in [2.05, 4.69) is 13.8 Å². The molecular formula is C18H29FO3. The van der Waals surface area contributed by atoms with Crippen molar-refractivity contribution in [3.05, 3.63) is 0 Å². The highest BCUT2D eigenvalue weighted by atomic mass is 19.1. The van der Waals surface area contributed by atoms with Gasteiger partial charge in [-0.05, 0) is 66.6 Å². The number of ether oxygens (including phenoxy) is 1. The minimum absolute atomic E-state index is 0.114. The van der Waals surface area contributed by atoms with Crippen molar-refractivity contribution in [1.82, 2.24) is 0 Å². The van der Waals surface area contributed by atoms with Crippen LogP contribution in [0.15, 0.2) is 0 Å². The fourth-order valence-electron chi connectivity index (χ4n) is 6.68. The molecule has 0 amide bonds. The standard InChI is InChI=1S/C18H29FO3/c1-17-6-5-12-11(13(17)8-14(19)16(17)21)4-3-10-7-15(20)22-9-18(10,12)2/h10-16,20-21H,3-9H2,1-2H3/t10-,11-,12+,13+,14-,15-,16+,17+,18+/m1/s1. The van der Waals surface area contributed by atoms with E-state index in [-0.39, 0.29) is 10.8 Å². The SMILES string of the molecule is C[C@]12CO[C@@H](O)C[C@H]1CC[C@@H]1[C@@H]2CC[C@]2(C)[C@@H](O)[C@H](F)C[C@@H]12. The van der Waals surface area contributed by atoms with Crippen molar-refractivity contribution in [2.75, 3.05) is 6.61 Å². The Kier molecular flexibility index (Phi) is 3.42. The Bertz CT molecular complexity index is 458. The third kappa shape index (κ3) is 1.90. The molecule has 2 N–H and O–H groups in total. The topological polar surface area (TPSA) is 49.7 Å². The van der Waals surface area contributed by atoms with E-state index in [1.165, 1.54) is 0 Å². The van der Waals surface area contributed by atoms with Gasteiger partial charge in [-0.25, -0.2) is 4.39 Å².